The Morgan fingerprint density at radius 3 is 2.42 bits per heavy atom. The van der Waals surface area contributed by atoms with Crippen molar-refractivity contribution in [3.05, 3.63) is 28.0 Å². The van der Waals surface area contributed by atoms with Gasteiger partial charge in [0.1, 0.15) is 11.4 Å². The van der Waals surface area contributed by atoms with E-state index in [1.165, 1.54) is 0 Å². The molecule has 0 aliphatic heterocycles. The number of carboxylic acid groups (broad SMARTS) is 1. The molecule has 0 aliphatic carbocycles. The van der Waals surface area contributed by atoms with Gasteiger partial charge in [-0.15, -0.1) is 0 Å². The lowest BCUT2D eigenvalue weighted by Crippen LogP contribution is -2.27. The SMILES string of the molecule is CC(C)(C)OC(=O)Nc1cc(C(=O)O)c(F)cc1Br. The number of halogens is 2. The topological polar surface area (TPSA) is 75.6 Å². The summed E-state index contributed by atoms with van der Waals surface area (Å²) in [4.78, 5) is 22.4. The number of nitrogens with one attached hydrogen (secondary N) is 1. The average Bonchev–Trinajstić information content (AvgIpc) is 2.18. The van der Waals surface area contributed by atoms with Gasteiger partial charge >= 0.3 is 12.1 Å². The second-order valence-electron chi connectivity index (χ2n) is 4.74. The van der Waals surface area contributed by atoms with Crippen LogP contribution in [0.3, 0.4) is 0 Å². The van der Waals surface area contributed by atoms with Crippen LogP contribution in [0, 0.1) is 5.82 Å². The van der Waals surface area contributed by atoms with Gasteiger partial charge in [0.05, 0.1) is 11.3 Å². The molecule has 0 radical (unpaired) electrons. The fraction of sp³-hybridized carbons (Fsp3) is 0.333. The number of hydrogen-bond donors (Lipinski definition) is 2. The second kappa shape index (κ2) is 5.56. The Morgan fingerprint density at radius 1 is 1.37 bits per heavy atom. The molecule has 0 saturated heterocycles. The zero-order valence-electron chi connectivity index (χ0n) is 10.6. The lowest BCUT2D eigenvalue weighted by molar-refractivity contribution is 0.0632. The van der Waals surface area contributed by atoms with Crippen molar-refractivity contribution in [2.24, 2.45) is 0 Å². The predicted molar refractivity (Wildman–Crippen MR) is 70.9 cm³/mol. The number of benzene rings is 1. The summed E-state index contributed by atoms with van der Waals surface area (Å²) in [6.07, 6.45) is -0.754. The minimum absolute atomic E-state index is 0.119. The molecule has 0 saturated carbocycles. The summed E-state index contributed by atoms with van der Waals surface area (Å²) in [5, 5.41) is 11.2. The minimum atomic E-state index is -1.42. The molecule has 0 fully saturated rings. The van der Waals surface area contributed by atoms with Crippen LogP contribution in [0.2, 0.25) is 0 Å². The van der Waals surface area contributed by atoms with Crippen LogP contribution >= 0.6 is 15.9 Å². The molecule has 1 aromatic carbocycles. The van der Waals surface area contributed by atoms with Gasteiger partial charge in [0.2, 0.25) is 0 Å². The molecule has 2 N–H and O–H groups in total. The maximum atomic E-state index is 13.3. The van der Waals surface area contributed by atoms with Crippen LogP contribution in [-0.2, 0) is 4.74 Å². The van der Waals surface area contributed by atoms with Crippen LogP contribution < -0.4 is 5.32 Å². The van der Waals surface area contributed by atoms with E-state index in [2.05, 4.69) is 21.2 Å². The predicted octanol–water partition coefficient (Wildman–Crippen LogP) is 3.63. The quantitative estimate of drug-likeness (QED) is 0.866. The van der Waals surface area contributed by atoms with Gasteiger partial charge < -0.3 is 9.84 Å². The zero-order chi connectivity index (χ0) is 14.8. The molecular formula is C12H13BrFNO4. The number of carboxylic acids is 1. The van der Waals surface area contributed by atoms with Crippen LogP contribution in [0.15, 0.2) is 16.6 Å². The van der Waals surface area contributed by atoms with Gasteiger partial charge in [0.15, 0.2) is 0 Å². The Kier molecular flexibility index (Phi) is 4.52. The van der Waals surface area contributed by atoms with Crippen LogP contribution in [-0.4, -0.2) is 22.8 Å². The summed E-state index contributed by atoms with van der Waals surface area (Å²) in [5.74, 6) is -2.31. The van der Waals surface area contributed by atoms with Crippen molar-refractivity contribution in [3.63, 3.8) is 0 Å². The van der Waals surface area contributed by atoms with Gasteiger partial charge in [0, 0.05) is 4.47 Å². The maximum absolute atomic E-state index is 13.3. The Bertz CT molecular complexity index is 525. The maximum Gasteiger partial charge on any atom is 0.412 e. The van der Waals surface area contributed by atoms with E-state index in [1.807, 2.05) is 0 Å². The molecule has 0 atom stereocenters. The van der Waals surface area contributed by atoms with Crippen molar-refractivity contribution in [1.29, 1.82) is 0 Å². The number of ether oxygens (including phenoxy) is 1. The third-order valence-electron chi connectivity index (χ3n) is 1.92. The Morgan fingerprint density at radius 2 is 1.95 bits per heavy atom. The molecule has 1 aromatic rings. The molecule has 0 spiro atoms. The summed E-state index contributed by atoms with van der Waals surface area (Å²) in [5.41, 5.74) is -1.10. The second-order valence-corrected chi connectivity index (χ2v) is 5.60. The van der Waals surface area contributed by atoms with Crippen molar-refractivity contribution in [3.8, 4) is 0 Å². The monoisotopic (exact) mass is 333 g/mol. The molecule has 0 aromatic heterocycles. The number of anilines is 1. The van der Waals surface area contributed by atoms with Crippen LogP contribution in [0.5, 0.6) is 0 Å². The lowest BCUT2D eigenvalue weighted by atomic mass is 10.2. The van der Waals surface area contributed by atoms with E-state index in [-0.39, 0.29) is 10.2 Å². The number of amides is 1. The first-order valence-electron chi connectivity index (χ1n) is 5.32. The number of carbonyl (C=O) groups excluding carboxylic acids is 1. The third-order valence-corrected chi connectivity index (χ3v) is 2.58. The summed E-state index contributed by atoms with van der Waals surface area (Å²) >= 11 is 3.04. The molecule has 1 amide bonds. The highest BCUT2D eigenvalue weighted by Crippen LogP contribution is 2.26. The van der Waals surface area contributed by atoms with E-state index < -0.39 is 29.0 Å². The Hall–Kier alpha value is -1.63. The molecule has 1 rings (SSSR count). The molecule has 7 heteroatoms. The highest BCUT2D eigenvalue weighted by molar-refractivity contribution is 9.10. The first kappa shape index (κ1) is 15.4. The summed E-state index contributed by atoms with van der Waals surface area (Å²) in [7, 11) is 0. The van der Waals surface area contributed by atoms with E-state index in [9.17, 15) is 14.0 Å². The summed E-state index contributed by atoms with van der Waals surface area (Å²) < 4.78 is 18.6. The van der Waals surface area contributed by atoms with Crippen molar-refractivity contribution in [2.45, 2.75) is 26.4 Å². The molecule has 0 unspecified atom stereocenters. The standard InChI is InChI=1S/C12H13BrFNO4/c1-12(2,3)19-11(18)15-9-4-6(10(16)17)8(14)5-7(9)13/h4-5H,1-3H3,(H,15,18)(H,16,17). The molecule has 104 valence electrons. The minimum Gasteiger partial charge on any atom is -0.478 e. The van der Waals surface area contributed by atoms with Gasteiger partial charge in [-0.2, -0.15) is 0 Å². The number of hydrogen-bond acceptors (Lipinski definition) is 3. The molecule has 0 aliphatic rings. The molecular weight excluding hydrogens is 321 g/mol. The van der Waals surface area contributed by atoms with Crippen LogP contribution in [0.25, 0.3) is 0 Å². The first-order valence-corrected chi connectivity index (χ1v) is 6.12. The highest BCUT2D eigenvalue weighted by atomic mass is 79.9. The average molecular weight is 334 g/mol. The number of carbonyl (C=O) groups is 2. The van der Waals surface area contributed by atoms with Crippen LogP contribution in [0.1, 0.15) is 31.1 Å². The summed E-state index contributed by atoms with van der Waals surface area (Å²) in [6.45, 7) is 5.07. The number of rotatable bonds is 2. The van der Waals surface area contributed by atoms with Gasteiger partial charge in [0.25, 0.3) is 0 Å². The fourth-order valence-electron chi connectivity index (χ4n) is 1.22. The smallest absolute Gasteiger partial charge is 0.412 e. The van der Waals surface area contributed by atoms with E-state index >= 15 is 0 Å². The van der Waals surface area contributed by atoms with Crippen molar-refractivity contribution >= 4 is 33.7 Å². The zero-order valence-corrected chi connectivity index (χ0v) is 12.2. The van der Waals surface area contributed by atoms with E-state index in [4.69, 9.17) is 9.84 Å². The Labute approximate surface area is 117 Å². The summed E-state index contributed by atoms with van der Waals surface area (Å²) in [6, 6.07) is 1.99. The van der Waals surface area contributed by atoms with Gasteiger partial charge in [-0.25, -0.2) is 14.0 Å². The van der Waals surface area contributed by atoms with Crippen molar-refractivity contribution in [2.75, 3.05) is 5.32 Å². The molecule has 19 heavy (non-hydrogen) atoms. The lowest BCUT2D eigenvalue weighted by Gasteiger charge is -2.20. The normalized spacial score (nSPS) is 11.0. The third kappa shape index (κ3) is 4.51. The molecule has 0 heterocycles. The van der Waals surface area contributed by atoms with Gasteiger partial charge in [-0.1, -0.05) is 0 Å². The highest BCUT2D eigenvalue weighted by Gasteiger charge is 2.19. The van der Waals surface area contributed by atoms with E-state index in [0.29, 0.717) is 0 Å². The number of aromatic carboxylic acids is 1. The van der Waals surface area contributed by atoms with Gasteiger partial charge in [-0.05, 0) is 48.8 Å². The molecule has 5 nitrogen and oxygen atoms in total. The van der Waals surface area contributed by atoms with E-state index in [0.717, 1.165) is 12.1 Å². The first-order chi connectivity index (χ1) is 8.60. The van der Waals surface area contributed by atoms with Crippen molar-refractivity contribution in [1.82, 2.24) is 0 Å². The van der Waals surface area contributed by atoms with Crippen molar-refractivity contribution < 1.29 is 23.8 Å². The molecule has 0 bridgehead atoms. The largest absolute Gasteiger partial charge is 0.478 e. The van der Waals surface area contributed by atoms with Gasteiger partial charge in [-0.3, -0.25) is 5.32 Å². The van der Waals surface area contributed by atoms with E-state index in [1.54, 1.807) is 20.8 Å². The van der Waals surface area contributed by atoms with Crippen LogP contribution in [0.4, 0.5) is 14.9 Å². The Balaban J connectivity index is 2.99. The fourth-order valence-corrected chi connectivity index (χ4v) is 1.64.